The molecule has 0 aliphatic heterocycles. The van der Waals surface area contributed by atoms with E-state index in [4.69, 9.17) is 0 Å². The molecule has 7 nitrogen and oxygen atoms in total. The molecule has 2 aromatic heterocycles. The number of thioether (sulfide) groups is 1. The Morgan fingerprint density at radius 1 is 1.29 bits per heavy atom. The molecule has 0 atom stereocenters. The molecule has 0 radical (unpaired) electrons. The first kappa shape index (κ1) is 16.2. The third-order valence-corrected chi connectivity index (χ3v) is 5.77. The quantitative estimate of drug-likeness (QED) is 0.583. The fraction of sp³-hybridized carbons (Fsp3) is 0.583. The summed E-state index contributed by atoms with van der Waals surface area (Å²) >= 11 is 1.45. The highest BCUT2D eigenvalue weighted by molar-refractivity contribution is 7.99. The molecule has 9 heteroatoms. The lowest BCUT2D eigenvalue weighted by Gasteiger charge is -2.10. The van der Waals surface area contributed by atoms with Crippen LogP contribution < -0.4 is 0 Å². The van der Waals surface area contributed by atoms with Crippen molar-refractivity contribution < 1.29 is 8.42 Å². The Hall–Kier alpha value is -1.19. The molecular formula is C12H19N5O2S2. The molecule has 2 rings (SSSR count). The second kappa shape index (κ2) is 6.29. The molecule has 21 heavy (non-hydrogen) atoms. The van der Waals surface area contributed by atoms with Gasteiger partial charge < -0.3 is 0 Å². The Bertz CT molecular complexity index is 739. The molecular weight excluding hydrogens is 310 g/mol. The summed E-state index contributed by atoms with van der Waals surface area (Å²) in [5.41, 5.74) is 1.88. The SMILES string of the molecule is Cc1cc(C)n2nc(SCCCS(=O)(=O)N(C)C)nc2n1. The normalized spacial score (nSPS) is 12.4. The highest BCUT2D eigenvalue weighted by Crippen LogP contribution is 2.16. The van der Waals surface area contributed by atoms with Crippen LogP contribution in [0.4, 0.5) is 0 Å². The summed E-state index contributed by atoms with van der Waals surface area (Å²) in [6, 6.07) is 1.94. The van der Waals surface area contributed by atoms with Crippen LogP contribution in [0.5, 0.6) is 0 Å². The Labute approximate surface area is 128 Å². The van der Waals surface area contributed by atoms with E-state index in [9.17, 15) is 8.42 Å². The molecule has 0 bridgehead atoms. The Morgan fingerprint density at radius 2 is 2.00 bits per heavy atom. The number of hydrogen-bond donors (Lipinski definition) is 0. The van der Waals surface area contributed by atoms with Crippen LogP contribution in [0.3, 0.4) is 0 Å². The number of aromatic nitrogens is 4. The minimum absolute atomic E-state index is 0.136. The summed E-state index contributed by atoms with van der Waals surface area (Å²) in [5, 5.41) is 4.99. The monoisotopic (exact) mass is 329 g/mol. The van der Waals surface area contributed by atoms with Crippen LogP contribution >= 0.6 is 11.8 Å². The van der Waals surface area contributed by atoms with E-state index in [-0.39, 0.29) is 5.75 Å². The molecule has 0 aromatic carbocycles. The predicted octanol–water partition coefficient (Wildman–Crippen LogP) is 1.11. The number of nitrogens with zero attached hydrogens (tertiary/aromatic N) is 5. The molecule has 0 aliphatic rings. The second-order valence-corrected chi connectivity index (χ2v) is 8.31. The molecule has 116 valence electrons. The van der Waals surface area contributed by atoms with Gasteiger partial charge in [0.2, 0.25) is 15.2 Å². The number of hydrogen-bond acceptors (Lipinski definition) is 6. The molecule has 0 spiro atoms. The van der Waals surface area contributed by atoms with Gasteiger partial charge in [0.25, 0.3) is 5.78 Å². The van der Waals surface area contributed by atoms with E-state index in [2.05, 4.69) is 15.1 Å². The van der Waals surface area contributed by atoms with E-state index in [1.54, 1.807) is 18.6 Å². The van der Waals surface area contributed by atoms with Crippen LogP contribution in [0, 0.1) is 13.8 Å². The Kier molecular flexibility index (Phi) is 4.84. The summed E-state index contributed by atoms with van der Waals surface area (Å²) < 4.78 is 26.2. The van der Waals surface area contributed by atoms with E-state index >= 15 is 0 Å². The van der Waals surface area contributed by atoms with Crippen LogP contribution in [0.25, 0.3) is 5.78 Å². The molecule has 0 fully saturated rings. The minimum atomic E-state index is -3.13. The number of sulfonamides is 1. The van der Waals surface area contributed by atoms with Crippen molar-refractivity contribution in [3.63, 3.8) is 0 Å². The third kappa shape index (κ3) is 3.92. The van der Waals surface area contributed by atoms with Gasteiger partial charge in [0.15, 0.2) is 0 Å². The lowest BCUT2D eigenvalue weighted by Crippen LogP contribution is -2.25. The maximum Gasteiger partial charge on any atom is 0.253 e. The van der Waals surface area contributed by atoms with Gasteiger partial charge in [-0.25, -0.2) is 22.2 Å². The summed E-state index contributed by atoms with van der Waals surface area (Å²) in [6.45, 7) is 3.87. The van der Waals surface area contributed by atoms with Gasteiger partial charge in [0.1, 0.15) is 0 Å². The fourth-order valence-corrected chi connectivity index (χ4v) is 3.61. The van der Waals surface area contributed by atoms with Crippen molar-refractivity contribution in [1.82, 2.24) is 23.9 Å². The zero-order valence-electron chi connectivity index (χ0n) is 12.6. The highest BCUT2D eigenvalue weighted by Gasteiger charge is 2.13. The first-order chi connectivity index (χ1) is 9.79. The first-order valence-corrected chi connectivity index (χ1v) is 9.13. The lowest BCUT2D eigenvalue weighted by molar-refractivity contribution is 0.520. The van der Waals surface area contributed by atoms with Gasteiger partial charge in [0.05, 0.1) is 5.75 Å². The van der Waals surface area contributed by atoms with E-state index in [1.165, 1.54) is 16.1 Å². The molecule has 0 amide bonds. The maximum atomic E-state index is 11.6. The largest absolute Gasteiger partial charge is 0.253 e. The summed E-state index contributed by atoms with van der Waals surface area (Å²) in [7, 11) is -0.0388. The molecule has 0 unspecified atom stereocenters. The Morgan fingerprint density at radius 3 is 2.67 bits per heavy atom. The van der Waals surface area contributed by atoms with Crippen LogP contribution in [0.15, 0.2) is 11.2 Å². The van der Waals surface area contributed by atoms with Gasteiger partial charge in [-0.05, 0) is 26.3 Å². The van der Waals surface area contributed by atoms with E-state index in [0.29, 0.717) is 23.1 Å². The van der Waals surface area contributed by atoms with Crippen molar-refractivity contribution in [3.8, 4) is 0 Å². The van der Waals surface area contributed by atoms with Gasteiger partial charge >= 0.3 is 0 Å². The van der Waals surface area contributed by atoms with Gasteiger partial charge in [-0.2, -0.15) is 4.98 Å². The molecule has 0 aliphatic carbocycles. The third-order valence-electron chi connectivity index (χ3n) is 2.93. The molecule has 0 saturated heterocycles. The zero-order valence-corrected chi connectivity index (χ0v) is 14.2. The second-order valence-electron chi connectivity index (χ2n) is 4.95. The lowest BCUT2D eigenvalue weighted by atomic mass is 10.4. The topological polar surface area (TPSA) is 80.5 Å². The average Bonchev–Trinajstić information content (AvgIpc) is 2.77. The van der Waals surface area contributed by atoms with Gasteiger partial charge in [0, 0.05) is 31.2 Å². The van der Waals surface area contributed by atoms with Crippen LogP contribution in [0.1, 0.15) is 17.8 Å². The highest BCUT2D eigenvalue weighted by atomic mass is 32.2. The van der Waals surface area contributed by atoms with Gasteiger partial charge in [-0.1, -0.05) is 11.8 Å². The van der Waals surface area contributed by atoms with Crippen molar-refractivity contribution >= 4 is 27.6 Å². The summed E-state index contributed by atoms with van der Waals surface area (Å²) in [6.07, 6.45) is 0.562. The number of aryl methyl sites for hydroxylation is 2. The summed E-state index contributed by atoms with van der Waals surface area (Å²) in [5.74, 6) is 1.37. The minimum Gasteiger partial charge on any atom is -0.216 e. The van der Waals surface area contributed by atoms with Crippen LogP contribution in [-0.4, -0.2) is 57.9 Å². The standard InChI is InChI=1S/C12H19N5O2S2/c1-9-8-10(2)17-11(13-9)14-12(15-17)20-6-5-7-21(18,19)16(3)4/h8H,5-7H2,1-4H3. The molecule has 2 heterocycles. The van der Waals surface area contributed by atoms with Crippen LogP contribution in [0.2, 0.25) is 0 Å². The number of fused-ring (bicyclic) bond motifs is 1. The summed E-state index contributed by atoms with van der Waals surface area (Å²) in [4.78, 5) is 8.67. The zero-order chi connectivity index (χ0) is 15.6. The molecule has 0 N–H and O–H groups in total. The fourth-order valence-electron chi connectivity index (χ4n) is 1.80. The van der Waals surface area contributed by atoms with Gasteiger partial charge in [-0.15, -0.1) is 5.10 Å². The predicted molar refractivity (Wildman–Crippen MR) is 83.1 cm³/mol. The smallest absolute Gasteiger partial charge is 0.216 e. The first-order valence-electron chi connectivity index (χ1n) is 6.53. The number of rotatable bonds is 6. The average molecular weight is 329 g/mol. The molecule has 2 aromatic rings. The van der Waals surface area contributed by atoms with Crippen molar-refractivity contribution in [1.29, 1.82) is 0 Å². The van der Waals surface area contributed by atoms with Crippen molar-refractivity contribution in [2.75, 3.05) is 25.6 Å². The maximum absolute atomic E-state index is 11.6. The molecule has 0 saturated carbocycles. The van der Waals surface area contributed by atoms with Crippen molar-refractivity contribution in [2.45, 2.75) is 25.4 Å². The van der Waals surface area contributed by atoms with Crippen molar-refractivity contribution in [2.24, 2.45) is 0 Å². The van der Waals surface area contributed by atoms with E-state index in [1.807, 2.05) is 19.9 Å². The van der Waals surface area contributed by atoms with Crippen LogP contribution in [-0.2, 0) is 10.0 Å². The Balaban J connectivity index is 1.97. The van der Waals surface area contributed by atoms with Crippen molar-refractivity contribution in [3.05, 3.63) is 17.5 Å². The van der Waals surface area contributed by atoms with E-state index < -0.39 is 10.0 Å². The van der Waals surface area contributed by atoms with E-state index in [0.717, 1.165) is 11.4 Å². The van der Waals surface area contributed by atoms with Gasteiger partial charge in [-0.3, -0.25) is 0 Å².